The fraction of sp³-hybridized carbons (Fsp3) is 0.556. The molecule has 2 atom stereocenters. The van der Waals surface area contributed by atoms with E-state index in [9.17, 15) is 14.7 Å². The van der Waals surface area contributed by atoms with E-state index in [1.165, 1.54) is 11.1 Å². The quantitative estimate of drug-likeness (QED) is 0.933. The minimum Gasteiger partial charge on any atom is -0.481 e. The van der Waals surface area contributed by atoms with Gasteiger partial charge in [-0.2, -0.15) is 0 Å². The van der Waals surface area contributed by atoms with Crippen molar-refractivity contribution >= 4 is 11.9 Å². The van der Waals surface area contributed by atoms with Crippen molar-refractivity contribution < 1.29 is 14.7 Å². The van der Waals surface area contributed by atoms with Crippen molar-refractivity contribution in [2.24, 2.45) is 11.3 Å². The summed E-state index contributed by atoms with van der Waals surface area (Å²) in [7, 11) is 0. The Morgan fingerprint density at radius 2 is 2.05 bits per heavy atom. The van der Waals surface area contributed by atoms with Crippen LogP contribution in [-0.2, 0) is 22.4 Å². The van der Waals surface area contributed by atoms with Gasteiger partial charge in [0.25, 0.3) is 0 Å². The lowest BCUT2D eigenvalue weighted by Crippen LogP contribution is -2.36. The summed E-state index contributed by atoms with van der Waals surface area (Å²) in [4.78, 5) is 25.5. The van der Waals surface area contributed by atoms with Gasteiger partial charge in [0.1, 0.15) is 0 Å². The van der Waals surface area contributed by atoms with E-state index < -0.39 is 11.4 Å². The number of carboxylic acids is 1. The average Bonchev–Trinajstić information content (AvgIpc) is 2.91. The average molecular weight is 301 g/mol. The first-order valence-electron chi connectivity index (χ1n) is 8.06. The molecule has 1 amide bonds. The third-order valence-corrected chi connectivity index (χ3v) is 5.25. The maximum absolute atomic E-state index is 12.5. The SMILES string of the molecule is C[C@@]1(C(=O)O)CCN(C(=O)C[C@@H]2CCc3ccccc3C2)C1. The largest absolute Gasteiger partial charge is 0.481 e. The van der Waals surface area contributed by atoms with E-state index in [1.807, 2.05) is 0 Å². The molecule has 1 saturated heterocycles. The summed E-state index contributed by atoms with van der Waals surface area (Å²) in [6.45, 7) is 2.66. The summed E-state index contributed by atoms with van der Waals surface area (Å²) in [5, 5.41) is 9.26. The molecule has 1 N–H and O–H groups in total. The van der Waals surface area contributed by atoms with Crippen molar-refractivity contribution in [1.29, 1.82) is 0 Å². The zero-order chi connectivity index (χ0) is 15.7. The first kappa shape index (κ1) is 15.1. The lowest BCUT2D eigenvalue weighted by Gasteiger charge is -2.26. The number of carboxylic acid groups (broad SMARTS) is 1. The first-order valence-corrected chi connectivity index (χ1v) is 8.06. The molecule has 0 spiro atoms. The number of carbonyl (C=O) groups excluding carboxylic acids is 1. The molecule has 1 aromatic rings. The molecule has 0 radical (unpaired) electrons. The van der Waals surface area contributed by atoms with Crippen molar-refractivity contribution in [3.8, 4) is 0 Å². The molecule has 1 aromatic carbocycles. The van der Waals surface area contributed by atoms with E-state index in [1.54, 1.807) is 11.8 Å². The van der Waals surface area contributed by atoms with Gasteiger partial charge >= 0.3 is 5.97 Å². The van der Waals surface area contributed by atoms with Crippen molar-refractivity contribution in [2.75, 3.05) is 13.1 Å². The Hall–Kier alpha value is -1.84. The van der Waals surface area contributed by atoms with Crippen LogP contribution in [0.1, 0.15) is 37.3 Å². The Kier molecular flexibility index (Phi) is 3.94. The number of amides is 1. The summed E-state index contributed by atoms with van der Waals surface area (Å²) >= 11 is 0. The van der Waals surface area contributed by atoms with Gasteiger partial charge < -0.3 is 10.0 Å². The van der Waals surface area contributed by atoms with Gasteiger partial charge in [0.15, 0.2) is 0 Å². The second kappa shape index (κ2) is 5.75. The van der Waals surface area contributed by atoms with E-state index in [-0.39, 0.29) is 5.91 Å². The van der Waals surface area contributed by atoms with E-state index >= 15 is 0 Å². The van der Waals surface area contributed by atoms with Crippen LogP contribution in [0.4, 0.5) is 0 Å². The maximum atomic E-state index is 12.5. The number of fused-ring (bicyclic) bond motifs is 1. The Morgan fingerprint density at radius 1 is 1.32 bits per heavy atom. The number of aliphatic carboxylic acids is 1. The van der Waals surface area contributed by atoms with Gasteiger partial charge in [0.05, 0.1) is 5.41 Å². The van der Waals surface area contributed by atoms with Crippen LogP contribution in [0.2, 0.25) is 0 Å². The smallest absolute Gasteiger partial charge is 0.311 e. The van der Waals surface area contributed by atoms with Crippen LogP contribution in [0, 0.1) is 11.3 Å². The van der Waals surface area contributed by atoms with Gasteiger partial charge in [-0.1, -0.05) is 24.3 Å². The van der Waals surface area contributed by atoms with E-state index in [2.05, 4.69) is 24.3 Å². The Labute approximate surface area is 131 Å². The van der Waals surface area contributed by atoms with E-state index in [4.69, 9.17) is 0 Å². The second-order valence-corrected chi connectivity index (χ2v) is 7.01. The van der Waals surface area contributed by atoms with Crippen molar-refractivity contribution in [1.82, 2.24) is 4.90 Å². The van der Waals surface area contributed by atoms with Crippen LogP contribution >= 0.6 is 0 Å². The lowest BCUT2D eigenvalue weighted by molar-refractivity contribution is -0.147. The fourth-order valence-electron chi connectivity index (χ4n) is 3.67. The third-order valence-electron chi connectivity index (χ3n) is 5.25. The second-order valence-electron chi connectivity index (χ2n) is 7.01. The summed E-state index contributed by atoms with van der Waals surface area (Å²) in [5.74, 6) is -0.289. The number of hydrogen-bond acceptors (Lipinski definition) is 2. The molecular weight excluding hydrogens is 278 g/mol. The number of carbonyl (C=O) groups is 2. The van der Waals surface area contributed by atoms with Gasteiger partial charge in [0, 0.05) is 19.5 Å². The summed E-state index contributed by atoms with van der Waals surface area (Å²) < 4.78 is 0. The number of benzene rings is 1. The minimum absolute atomic E-state index is 0.120. The molecule has 0 saturated carbocycles. The molecule has 0 bridgehead atoms. The Balaban J connectivity index is 1.59. The van der Waals surface area contributed by atoms with Crippen LogP contribution < -0.4 is 0 Å². The molecule has 118 valence electrons. The lowest BCUT2D eigenvalue weighted by atomic mass is 9.82. The molecule has 1 aliphatic heterocycles. The van der Waals surface area contributed by atoms with Gasteiger partial charge in [-0.05, 0) is 49.7 Å². The number of rotatable bonds is 3. The molecule has 22 heavy (non-hydrogen) atoms. The topological polar surface area (TPSA) is 57.6 Å². The Bertz CT molecular complexity index is 598. The molecular formula is C18H23NO3. The highest BCUT2D eigenvalue weighted by atomic mass is 16.4. The van der Waals surface area contributed by atoms with E-state index in [0.717, 1.165) is 19.3 Å². The number of likely N-dealkylation sites (tertiary alicyclic amines) is 1. The zero-order valence-corrected chi connectivity index (χ0v) is 13.0. The van der Waals surface area contributed by atoms with Gasteiger partial charge in [-0.3, -0.25) is 9.59 Å². The summed E-state index contributed by atoms with van der Waals surface area (Å²) in [5.41, 5.74) is 2.00. The predicted octanol–water partition coefficient (Wildman–Crippen LogP) is 2.50. The molecule has 0 unspecified atom stereocenters. The predicted molar refractivity (Wildman–Crippen MR) is 83.5 cm³/mol. The number of hydrogen-bond donors (Lipinski definition) is 1. The van der Waals surface area contributed by atoms with Gasteiger partial charge in [0.2, 0.25) is 5.91 Å². The van der Waals surface area contributed by atoms with Crippen LogP contribution in [0.25, 0.3) is 0 Å². The monoisotopic (exact) mass is 301 g/mol. The molecule has 1 fully saturated rings. The highest BCUT2D eigenvalue weighted by Crippen LogP contribution is 2.32. The normalized spacial score (nSPS) is 27.5. The van der Waals surface area contributed by atoms with Crippen LogP contribution in [0.5, 0.6) is 0 Å². The highest BCUT2D eigenvalue weighted by molar-refractivity contribution is 5.80. The summed E-state index contributed by atoms with van der Waals surface area (Å²) in [6.07, 6.45) is 4.16. The highest BCUT2D eigenvalue weighted by Gasteiger charge is 2.42. The zero-order valence-electron chi connectivity index (χ0n) is 13.0. The molecule has 1 aliphatic carbocycles. The number of aryl methyl sites for hydroxylation is 1. The summed E-state index contributed by atoms with van der Waals surface area (Å²) in [6, 6.07) is 8.46. The van der Waals surface area contributed by atoms with E-state index in [0.29, 0.717) is 31.8 Å². The maximum Gasteiger partial charge on any atom is 0.311 e. The molecule has 1 heterocycles. The van der Waals surface area contributed by atoms with Gasteiger partial charge in [-0.25, -0.2) is 0 Å². The molecule has 3 rings (SSSR count). The fourth-order valence-corrected chi connectivity index (χ4v) is 3.67. The molecule has 4 heteroatoms. The van der Waals surface area contributed by atoms with Crippen LogP contribution in [0.3, 0.4) is 0 Å². The van der Waals surface area contributed by atoms with Gasteiger partial charge in [-0.15, -0.1) is 0 Å². The third kappa shape index (κ3) is 2.87. The van der Waals surface area contributed by atoms with Crippen LogP contribution in [0.15, 0.2) is 24.3 Å². The molecule has 0 aromatic heterocycles. The molecule has 4 nitrogen and oxygen atoms in total. The standard InChI is InChI=1S/C18H23NO3/c1-18(17(21)22)8-9-19(12-18)16(20)11-13-6-7-14-4-2-3-5-15(14)10-13/h2-5,13H,6-12H2,1H3,(H,21,22)/t13-,18-/m1/s1. The van der Waals surface area contributed by atoms with Crippen molar-refractivity contribution in [3.63, 3.8) is 0 Å². The van der Waals surface area contributed by atoms with Crippen molar-refractivity contribution in [2.45, 2.75) is 39.0 Å². The van der Waals surface area contributed by atoms with Crippen LogP contribution in [-0.4, -0.2) is 35.0 Å². The van der Waals surface area contributed by atoms with Crippen molar-refractivity contribution in [3.05, 3.63) is 35.4 Å². The number of nitrogens with zero attached hydrogens (tertiary/aromatic N) is 1. The first-order chi connectivity index (χ1) is 10.5. The molecule has 2 aliphatic rings. The Morgan fingerprint density at radius 3 is 2.73 bits per heavy atom. The minimum atomic E-state index is -0.797.